The van der Waals surface area contributed by atoms with Crippen molar-refractivity contribution in [3.05, 3.63) is 57.8 Å². The van der Waals surface area contributed by atoms with E-state index in [2.05, 4.69) is 18.9 Å². The van der Waals surface area contributed by atoms with Crippen LogP contribution in [0.25, 0.3) is 0 Å². The van der Waals surface area contributed by atoms with Crippen LogP contribution in [-0.2, 0) is 12.8 Å². The van der Waals surface area contributed by atoms with Crippen molar-refractivity contribution in [3.8, 4) is 12.8 Å². The van der Waals surface area contributed by atoms with E-state index in [0.29, 0.717) is 0 Å². The minimum atomic E-state index is -0.111. The Morgan fingerprint density at radius 3 is 2.47 bits per heavy atom. The highest BCUT2D eigenvalue weighted by Gasteiger charge is 2.08. The van der Waals surface area contributed by atoms with Gasteiger partial charge in [-0.05, 0) is 55.9 Å². The monoisotopic (exact) mass is 252 g/mol. The lowest BCUT2D eigenvalue weighted by Crippen LogP contribution is -1.96. The van der Waals surface area contributed by atoms with Crippen LogP contribution < -0.4 is 0 Å². The Labute approximate surface area is 116 Å². The lowest BCUT2D eigenvalue weighted by molar-refractivity contribution is 0.615. The molecule has 0 aromatic heterocycles. The molecule has 0 nitrogen and oxygen atoms in total. The topological polar surface area (TPSA) is 0 Å². The van der Waals surface area contributed by atoms with Crippen LogP contribution in [0.4, 0.5) is 4.39 Å². The van der Waals surface area contributed by atoms with Gasteiger partial charge in [0.15, 0.2) is 0 Å². The third-order valence-electron chi connectivity index (χ3n) is 3.34. The Morgan fingerprint density at radius 2 is 1.79 bits per heavy atom. The largest absolute Gasteiger partial charge is 0.207 e. The van der Waals surface area contributed by atoms with Crippen LogP contribution in [0.3, 0.4) is 0 Å². The molecule has 0 heterocycles. The molecular weight excluding hydrogens is 234 g/mol. The van der Waals surface area contributed by atoms with Crippen molar-refractivity contribution >= 4 is 7.85 Å². The number of aryl methyl sites for hydroxylation is 2. The molecule has 0 bridgehead atoms. The van der Waals surface area contributed by atoms with Crippen molar-refractivity contribution in [1.82, 2.24) is 0 Å². The number of halogens is 1. The van der Waals surface area contributed by atoms with Gasteiger partial charge in [-0.25, -0.2) is 4.39 Å². The summed E-state index contributed by atoms with van der Waals surface area (Å²) >= 11 is 0. The van der Waals surface area contributed by atoms with E-state index < -0.39 is 0 Å². The molecule has 0 atom stereocenters. The first-order valence-corrected chi connectivity index (χ1v) is 6.32. The molecule has 2 radical (unpaired) electrons. The third kappa shape index (κ3) is 3.86. The maximum Gasteiger partial charge on any atom is 0.126 e. The molecule has 1 aliphatic carbocycles. The first kappa shape index (κ1) is 15.3. The highest BCUT2D eigenvalue weighted by molar-refractivity contribution is 6.24. The molecule has 0 fully saturated rings. The standard InChI is InChI=1S/C15H16BF.C2H2/c1-10-6-7-13-8-11(2)15(17)9-12(13)4-3-5-14(10)16;1-2/h5-6,8-9H,3-4,7H2,1-2H3;1-2H/b10-6-,14-5+;. The second-order valence-corrected chi connectivity index (χ2v) is 4.66. The summed E-state index contributed by atoms with van der Waals surface area (Å²) in [5.74, 6) is -0.111. The maximum atomic E-state index is 13.5. The van der Waals surface area contributed by atoms with Gasteiger partial charge in [-0.1, -0.05) is 29.3 Å². The summed E-state index contributed by atoms with van der Waals surface area (Å²) in [6, 6.07) is 3.62. The molecular formula is C17H18BF. The third-order valence-corrected chi connectivity index (χ3v) is 3.34. The second-order valence-electron chi connectivity index (χ2n) is 4.66. The Kier molecular flexibility index (Phi) is 5.64. The minimum Gasteiger partial charge on any atom is -0.207 e. The van der Waals surface area contributed by atoms with Gasteiger partial charge < -0.3 is 0 Å². The van der Waals surface area contributed by atoms with Gasteiger partial charge in [0, 0.05) is 0 Å². The van der Waals surface area contributed by atoms with E-state index in [9.17, 15) is 4.39 Å². The van der Waals surface area contributed by atoms with Gasteiger partial charge in [0.2, 0.25) is 0 Å². The lowest BCUT2D eigenvalue weighted by atomic mass is 9.87. The average Bonchev–Trinajstić information content (AvgIpc) is 2.47. The van der Waals surface area contributed by atoms with Gasteiger partial charge in [-0.2, -0.15) is 0 Å². The van der Waals surface area contributed by atoms with Crippen molar-refractivity contribution in [3.63, 3.8) is 0 Å². The fourth-order valence-electron chi connectivity index (χ4n) is 2.13. The fourth-order valence-corrected chi connectivity index (χ4v) is 2.13. The molecule has 2 heteroatoms. The van der Waals surface area contributed by atoms with Gasteiger partial charge in [0.25, 0.3) is 0 Å². The Bertz CT molecular complexity index is 536. The van der Waals surface area contributed by atoms with Crippen LogP contribution in [0, 0.1) is 25.6 Å². The Morgan fingerprint density at radius 1 is 1.11 bits per heavy atom. The van der Waals surface area contributed by atoms with E-state index >= 15 is 0 Å². The van der Waals surface area contributed by atoms with E-state index in [4.69, 9.17) is 7.85 Å². The van der Waals surface area contributed by atoms with Crippen LogP contribution in [0.1, 0.15) is 30.0 Å². The molecule has 0 amide bonds. The average molecular weight is 252 g/mol. The van der Waals surface area contributed by atoms with E-state index in [1.165, 1.54) is 5.56 Å². The normalized spacial score (nSPS) is 20.1. The Balaban J connectivity index is 0.000000861. The van der Waals surface area contributed by atoms with Gasteiger partial charge >= 0.3 is 0 Å². The maximum absolute atomic E-state index is 13.5. The van der Waals surface area contributed by atoms with Crippen molar-refractivity contribution < 1.29 is 4.39 Å². The highest BCUT2D eigenvalue weighted by atomic mass is 19.1. The van der Waals surface area contributed by atoms with Crippen LogP contribution >= 0.6 is 0 Å². The zero-order valence-corrected chi connectivity index (χ0v) is 11.5. The van der Waals surface area contributed by atoms with E-state index in [0.717, 1.165) is 41.4 Å². The first-order valence-electron chi connectivity index (χ1n) is 6.32. The SMILES string of the molecule is C#C.[B]C1=C/CCc2cc(F)c(C)cc2C/C=C\1C. The van der Waals surface area contributed by atoms with Gasteiger partial charge in [-0.3, -0.25) is 0 Å². The first-order chi connectivity index (χ1) is 9.08. The Hall–Kier alpha value is -1.75. The molecule has 0 spiro atoms. The molecule has 0 unspecified atom stereocenters. The van der Waals surface area contributed by atoms with Crippen molar-refractivity contribution in [2.24, 2.45) is 0 Å². The van der Waals surface area contributed by atoms with E-state index in [1.54, 1.807) is 6.07 Å². The van der Waals surface area contributed by atoms with Crippen molar-refractivity contribution in [1.29, 1.82) is 0 Å². The molecule has 1 aliphatic rings. The molecule has 1 aromatic carbocycles. The number of benzene rings is 1. The molecule has 1 aromatic rings. The van der Waals surface area contributed by atoms with Gasteiger partial charge in [0.1, 0.15) is 13.7 Å². The fraction of sp³-hybridized carbons (Fsp3) is 0.294. The predicted octanol–water partition coefficient (Wildman–Crippen LogP) is 3.87. The number of allylic oxidation sites excluding steroid dienone is 4. The van der Waals surface area contributed by atoms with Crippen molar-refractivity contribution in [2.45, 2.75) is 33.1 Å². The summed E-state index contributed by atoms with van der Waals surface area (Å²) in [5.41, 5.74) is 4.99. The quantitative estimate of drug-likeness (QED) is 0.485. The summed E-state index contributed by atoms with van der Waals surface area (Å²) in [7, 11) is 5.93. The van der Waals surface area contributed by atoms with Crippen LogP contribution in [-0.4, -0.2) is 7.85 Å². The van der Waals surface area contributed by atoms with E-state index in [1.807, 2.05) is 26.0 Å². The molecule has 96 valence electrons. The van der Waals surface area contributed by atoms with E-state index in [-0.39, 0.29) is 5.82 Å². The number of fused-ring (bicyclic) bond motifs is 1. The van der Waals surface area contributed by atoms with Crippen LogP contribution in [0.5, 0.6) is 0 Å². The summed E-state index contributed by atoms with van der Waals surface area (Å²) in [6.45, 7) is 3.83. The second kappa shape index (κ2) is 6.99. The van der Waals surface area contributed by atoms with Gasteiger partial charge in [-0.15, -0.1) is 12.8 Å². The summed E-state index contributed by atoms with van der Waals surface area (Å²) < 4.78 is 13.5. The van der Waals surface area contributed by atoms with Crippen molar-refractivity contribution in [2.75, 3.05) is 0 Å². The smallest absolute Gasteiger partial charge is 0.126 e. The summed E-state index contributed by atoms with van der Waals surface area (Å²) in [5, 5.41) is 0. The van der Waals surface area contributed by atoms with Crippen LogP contribution in [0.15, 0.2) is 35.3 Å². The molecule has 0 saturated carbocycles. The zero-order chi connectivity index (χ0) is 14.4. The molecule has 19 heavy (non-hydrogen) atoms. The van der Waals surface area contributed by atoms with Crippen LogP contribution in [0.2, 0.25) is 0 Å². The number of rotatable bonds is 0. The predicted molar refractivity (Wildman–Crippen MR) is 80.6 cm³/mol. The minimum absolute atomic E-state index is 0.111. The summed E-state index contributed by atoms with van der Waals surface area (Å²) in [6.07, 6.45) is 14.7. The highest BCUT2D eigenvalue weighted by Crippen LogP contribution is 2.21. The molecule has 0 aliphatic heterocycles. The lowest BCUT2D eigenvalue weighted by Gasteiger charge is -2.09. The number of terminal acetylenes is 1. The zero-order valence-electron chi connectivity index (χ0n) is 11.5. The molecule has 2 rings (SSSR count). The number of hydrogen-bond donors (Lipinski definition) is 0. The summed E-state index contributed by atoms with van der Waals surface area (Å²) in [4.78, 5) is 0. The molecule has 0 N–H and O–H groups in total. The number of hydrogen-bond acceptors (Lipinski definition) is 0. The van der Waals surface area contributed by atoms with Gasteiger partial charge in [0.05, 0.1) is 0 Å². The molecule has 0 saturated heterocycles.